The number of rotatable bonds is 6. The van der Waals surface area contributed by atoms with E-state index in [-0.39, 0.29) is 5.91 Å². The molecule has 3 N–H and O–H groups in total. The number of fused-ring (bicyclic) bond motifs is 2. The Bertz CT molecular complexity index is 1190. The fourth-order valence-corrected chi connectivity index (χ4v) is 3.64. The van der Waals surface area contributed by atoms with Crippen LogP contribution in [0.3, 0.4) is 0 Å². The normalized spacial score (nSPS) is 12.3. The number of hydrogen-bond acceptors (Lipinski definition) is 2. The van der Waals surface area contributed by atoms with Gasteiger partial charge in [-0.1, -0.05) is 91.0 Å². The van der Waals surface area contributed by atoms with Gasteiger partial charge in [0.05, 0.1) is 5.56 Å². The highest BCUT2D eigenvalue weighted by atomic mass is 16.2. The van der Waals surface area contributed by atoms with Gasteiger partial charge < -0.3 is 11.1 Å². The lowest BCUT2D eigenvalue weighted by molar-refractivity contribution is -0.119. The molecule has 0 aliphatic heterocycles. The van der Waals surface area contributed by atoms with Crippen LogP contribution in [0, 0.1) is 0 Å². The smallest absolute Gasteiger partial charge is 0.253 e. The molecule has 2 amide bonds. The molecule has 0 aliphatic carbocycles. The molecule has 0 unspecified atom stereocenters. The third-order valence-electron chi connectivity index (χ3n) is 5.13. The van der Waals surface area contributed by atoms with Crippen molar-refractivity contribution in [2.45, 2.75) is 12.5 Å². The van der Waals surface area contributed by atoms with E-state index in [1.165, 1.54) is 0 Å². The Kier molecular flexibility index (Phi) is 5.57. The Hall–Kier alpha value is -3.92. The molecule has 0 saturated carbocycles. The SMILES string of the molecule is NC(=O)[C@@H](C/C=C/c1ccccc1)NC(=O)c1c2ccccc2cc2ccccc12. The highest BCUT2D eigenvalue weighted by Crippen LogP contribution is 2.28. The van der Waals surface area contributed by atoms with Crippen LogP contribution in [0.5, 0.6) is 0 Å². The van der Waals surface area contributed by atoms with Crippen molar-refractivity contribution in [3.8, 4) is 0 Å². The average Bonchev–Trinajstić information content (AvgIpc) is 2.77. The van der Waals surface area contributed by atoms with Crippen molar-refractivity contribution < 1.29 is 9.59 Å². The fourth-order valence-electron chi connectivity index (χ4n) is 3.64. The summed E-state index contributed by atoms with van der Waals surface area (Å²) < 4.78 is 0. The van der Waals surface area contributed by atoms with Crippen LogP contribution in [-0.4, -0.2) is 17.9 Å². The van der Waals surface area contributed by atoms with Crippen LogP contribution in [0.2, 0.25) is 0 Å². The number of carbonyl (C=O) groups excluding carboxylic acids is 2. The van der Waals surface area contributed by atoms with Crippen LogP contribution in [0.15, 0.2) is 91.0 Å². The maximum atomic E-state index is 13.3. The minimum Gasteiger partial charge on any atom is -0.368 e. The maximum absolute atomic E-state index is 13.3. The molecule has 0 spiro atoms. The van der Waals surface area contributed by atoms with Gasteiger partial charge in [0.25, 0.3) is 5.91 Å². The van der Waals surface area contributed by atoms with E-state index in [2.05, 4.69) is 11.4 Å². The van der Waals surface area contributed by atoms with Crippen molar-refractivity contribution in [1.82, 2.24) is 5.32 Å². The molecule has 4 heteroatoms. The van der Waals surface area contributed by atoms with E-state index in [0.29, 0.717) is 12.0 Å². The second-order valence-electron chi connectivity index (χ2n) is 7.17. The van der Waals surface area contributed by atoms with Gasteiger partial charge in [-0.2, -0.15) is 0 Å². The zero-order chi connectivity index (χ0) is 20.9. The van der Waals surface area contributed by atoms with E-state index in [1.54, 1.807) is 0 Å². The number of nitrogens with two attached hydrogens (primary N) is 1. The lowest BCUT2D eigenvalue weighted by Crippen LogP contribution is -2.44. The first-order valence-corrected chi connectivity index (χ1v) is 9.86. The predicted molar refractivity (Wildman–Crippen MR) is 122 cm³/mol. The molecule has 4 rings (SSSR count). The minimum atomic E-state index is -0.796. The third kappa shape index (κ3) is 4.08. The summed E-state index contributed by atoms with van der Waals surface area (Å²) in [4.78, 5) is 25.3. The molecule has 4 aromatic carbocycles. The van der Waals surface area contributed by atoms with Gasteiger partial charge in [-0.3, -0.25) is 9.59 Å². The Morgan fingerprint density at radius 1 is 0.833 bits per heavy atom. The summed E-state index contributed by atoms with van der Waals surface area (Å²) in [6.45, 7) is 0. The summed E-state index contributed by atoms with van der Waals surface area (Å²) in [6.07, 6.45) is 4.08. The number of primary amides is 1. The number of hydrogen-bond donors (Lipinski definition) is 2. The van der Waals surface area contributed by atoms with Gasteiger partial charge in [0.15, 0.2) is 0 Å². The van der Waals surface area contributed by atoms with Crippen LogP contribution < -0.4 is 11.1 Å². The van der Waals surface area contributed by atoms with E-state index in [9.17, 15) is 9.59 Å². The van der Waals surface area contributed by atoms with Crippen LogP contribution in [-0.2, 0) is 4.79 Å². The zero-order valence-corrected chi connectivity index (χ0v) is 16.4. The first kappa shape index (κ1) is 19.4. The summed E-state index contributed by atoms with van der Waals surface area (Å²) in [6, 6.07) is 26.5. The van der Waals surface area contributed by atoms with Crippen molar-refractivity contribution in [2.24, 2.45) is 5.73 Å². The standard InChI is InChI=1S/C26H22N2O2/c27-25(29)23(16-8-11-18-9-2-1-3-10-18)28-26(30)24-21-14-6-4-12-19(21)17-20-13-5-7-15-22(20)24/h1-15,17,23H,16H2,(H2,27,29)(H,28,30)/b11-8+/t23-/m1/s1. The van der Waals surface area contributed by atoms with Gasteiger partial charge in [0.2, 0.25) is 5.91 Å². The Balaban J connectivity index is 1.65. The van der Waals surface area contributed by atoms with Crippen LogP contribution in [0.25, 0.3) is 27.6 Å². The molecule has 0 radical (unpaired) electrons. The molecule has 0 heterocycles. The van der Waals surface area contributed by atoms with Gasteiger partial charge in [-0.15, -0.1) is 0 Å². The molecule has 0 aliphatic rings. The zero-order valence-electron chi connectivity index (χ0n) is 16.4. The fraction of sp³-hybridized carbons (Fsp3) is 0.0769. The van der Waals surface area contributed by atoms with Crippen molar-refractivity contribution in [1.29, 1.82) is 0 Å². The van der Waals surface area contributed by atoms with E-state index in [0.717, 1.165) is 27.1 Å². The highest BCUT2D eigenvalue weighted by molar-refractivity contribution is 6.18. The lowest BCUT2D eigenvalue weighted by Gasteiger charge is -2.16. The molecular weight excluding hydrogens is 372 g/mol. The Morgan fingerprint density at radius 2 is 1.40 bits per heavy atom. The van der Waals surface area contributed by atoms with Gasteiger partial charge >= 0.3 is 0 Å². The molecular formula is C26H22N2O2. The second-order valence-corrected chi connectivity index (χ2v) is 7.17. The van der Waals surface area contributed by atoms with Crippen molar-refractivity contribution in [3.63, 3.8) is 0 Å². The number of benzene rings is 4. The first-order valence-electron chi connectivity index (χ1n) is 9.86. The summed E-state index contributed by atoms with van der Waals surface area (Å²) in [5, 5.41) is 6.47. The largest absolute Gasteiger partial charge is 0.368 e. The molecule has 0 saturated heterocycles. The first-order chi connectivity index (χ1) is 14.6. The maximum Gasteiger partial charge on any atom is 0.253 e. The molecule has 148 valence electrons. The predicted octanol–water partition coefficient (Wildman–Crippen LogP) is 4.68. The van der Waals surface area contributed by atoms with Gasteiger partial charge in [-0.05, 0) is 39.6 Å². The summed E-state index contributed by atoms with van der Waals surface area (Å²) in [5.74, 6) is -0.870. The van der Waals surface area contributed by atoms with Crippen LogP contribution in [0.1, 0.15) is 22.3 Å². The van der Waals surface area contributed by atoms with Crippen molar-refractivity contribution in [3.05, 3.63) is 102 Å². The quantitative estimate of drug-likeness (QED) is 0.466. The summed E-state index contributed by atoms with van der Waals surface area (Å²) >= 11 is 0. The number of carbonyl (C=O) groups is 2. The molecule has 0 aromatic heterocycles. The number of amides is 2. The van der Waals surface area contributed by atoms with Crippen molar-refractivity contribution >= 4 is 39.4 Å². The van der Waals surface area contributed by atoms with Gasteiger partial charge in [-0.25, -0.2) is 0 Å². The Morgan fingerprint density at radius 3 is 2.00 bits per heavy atom. The van der Waals surface area contributed by atoms with E-state index >= 15 is 0 Å². The second kappa shape index (κ2) is 8.62. The summed E-state index contributed by atoms with van der Waals surface area (Å²) in [7, 11) is 0. The average molecular weight is 394 g/mol. The van der Waals surface area contributed by atoms with E-state index in [1.807, 2.05) is 91.0 Å². The third-order valence-corrected chi connectivity index (χ3v) is 5.13. The lowest BCUT2D eigenvalue weighted by atomic mass is 9.96. The van der Waals surface area contributed by atoms with Crippen molar-refractivity contribution in [2.75, 3.05) is 0 Å². The van der Waals surface area contributed by atoms with E-state index in [4.69, 9.17) is 5.73 Å². The molecule has 0 bridgehead atoms. The van der Waals surface area contributed by atoms with Gasteiger partial charge in [0.1, 0.15) is 6.04 Å². The monoisotopic (exact) mass is 394 g/mol. The molecule has 4 aromatic rings. The number of nitrogens with one attached hydrogen (secondary N) is 1. The molecule has 30 heavy (non-hydrogen) atoms. The molecule has 4 nitrogen and oxygen atoms in total. The van der Waals surface area contributed by atoms with Gasteiger partial charge in [0, 0.05) is 0 Å². The van der Waals surface area contributed by atoms with E-state index < -0.39 is 11.9 Å². The summed E-state index contributed by atoms with van der Waals surface area (Å²) in [5.41, 5.74) is 7.16. The topological polar surface area (TPSA) is 72.2 Å². The molecule has 0 fully saturated rings. The highest BCUT2D eigenvalue weighted by Gasteiger charge is 2.21. The Labute approximate surface area is 175 Å². The van der Waals surface area contributed by atoms with Crippen LogP contribution >= 0.6 is 0 Å². The van der Waals surface area contributed by atoms with Crippen LogP contribution in [0.4, 0.5) is 0 Å². The minimum absolute atomic E-state index is 0.306. The molecule has 1 atom stereocenters.